The van der Waals surface area contributed by atoms with Crippen molar-refractivity contribution in [3.8, 4) is 0 Å². The Labute approximate surface area is 348 Å². The zero-order valence-corrected chi connectivity index (χ0v) is 36.8. The maximum atomic E-state index is 16.4. The average molecular weight is 818 g/mol. The number of nitrogens with two attached hydrogens (primary N) is 1. The molecular formula is C46H64FN5O7. The first-order chi connectivity index (χ1) is 27.5. The lowest BCUT2D eigenvalue weighted by Crippen LogP contribution is -2.44. The van der Waals surface area contributed by atoms with E-state index >= 15 is 4.39 Å². The Hall–Kier alpha value is -5.27. The second-order valence-electron chi connectivity index (χ2n) is 17.1. The number of aryl methyl sites for hydroxylation is 2. The predicted octanol–water partition coefficient (Wildman–Crippen LogP) is 9.57. The van der Waals surface area contributed by atoms with Gasteiger partial charge in [-0.15, -0.1) is 0 Å². The van der Waals surface area contributed by atoms with E-state index in [1.807, 2.05) is 51.1 Å². The highest BCUT2D eigenvalue weighted by molar-refractivity contribution is 6.14. The van der Waals surface area contributed by atoms with Crippen LogP contribution in [-0.2, 0) is 20.8 Å². The van der Waals surface area contributed by atoms with E-state index in [2.05, 4.69) is 17.2 Å². The lowest BCUT2D eigenvalue weighted by molar-refractivity contribution is -0.131. The minimum Gasteiger partial charge on any atom is -0.443 e. The summed E-state index contributed by atoms with van der Waals surface area (Å²) in [5.41, 5.74) is 9.25. The van der Waals surface area contributed by atoms with Crippen LogP contribution in [0.15, 0.2) is 60.8 Å². The van der Waals surface area contributed by atoms with Crippen molar-refractivity contribution < 1.29 is 38.5 Å². The number of halogens is 1. The maximum absolute atomic E-state index is 16.4. The molecule has 3 aromatic carbocycles. The Morgan fingerprint density at radius 1 is 0.932 bits per heavy atom. The van der Waals surface area contributed by atoms with Gasteiger partial charge in [0.05, 0.1) is 5.39 Å². The monoisotopic (exact) mass is 817 g/mol. The van der Waals surface area contributed by atoms with Gasteiger partial charge in [0.15, 0.2) is 5.82 Å². The van der Waals surface area contributed by atoms with E-state index in [0.29, 0.717) is 21.5 Å². The van der Waals surface area contributed by atoms with Gasteiger partial charge in [-0.1, -0.05) is 51.0 Å². The second kappa shape index (κ2) is 20.6. The molecule has 1 fully saturated rings. The van der Waals surface area contributed by atoms with E-state index in [-0.39, 0.29) is 48.5 Å². The van der Waals surface area contributed by atoms with Gasteiger partial charge in [-0.3, -0.25) is 4.79 Å². The van der Waals surface area contributed by atoms with Crippen LogP contribution in [0.1, 0.15) is 115 Å². The number of likely N-dealkylation sites (N-methyl/N-ethyl adjacent to an activating group) is 1. The van der Waals surface area contributed by atoms with Crippen LogP contribution in [0.3, 0.4) is 0 Å². The van der Waals surface area contributed by atoms with Crippen LogP contribution in [0.2, 0.25) is 0 Å². The van der Waals surface area contributed by atoms with Crippen molar-refractivity contribution in [3.05, 3.63) is 94.4 Å². The van der Waals surface area contributed by atoms with Crippen LogP contribution in [-0.4, -0.2) is 69.7 Å². The normalized spacial score (nSPS) is 13.5. The number of nitrogens with zero attached hydrogens (tertiary/aromatic N) is 3. The first-order valence-electron chi connectivity index (χ1n) is 20.0. The summed E-state index contributed by atoms with van der Waals surface area (Å²) in [7, 11) is 1.69. The maximum Gasteiger partial charge on any atom is 0.425 e. The van der Waals surface area contributed by atoms with Crippen LogP contribution < -0.4 is 16.0 Å². The van der Waals surface area contributed by atoms with E-state index in [9.17, 15) is 19.5 Å². The Kier molecular flexibility index (Phi) is 16.8. The minimum absolute atomic E-state index is 0.0322. The Bertz CT molecular complexity index is 2050. The lowest BCUT2D eigenvalue weighted by Gasteiger charge is -2.29. The number of carbonyl (C=O) groups excluding carboxylic acids is 3. The third kappa shape index (κ3) is 14.2. The highest BCUT2D eigenvalue weighted by atomic mass is 19.1. The second-order valence-corrected chi connectivity index (χ2v) is 17.1. The Morgan fingerprint density at radius 3 is 2.02 bits per heavy atom. The van der Waals surface area contributed by atoms with Crippen LogP contribution in [0.4, 0.5) is 31.2 Å². The molecule has 12 nitrogen and oxygen atoms in total. The summed E-state index contributed by atoms with van der Waals surface area (Å²) in [5, 5.41) is 20.8. The molecule has 13 heteroatoms. The van der Waals surface area contributed by atoms with Crippen molar-refractivity contribution in [2.24, 2.45) is 5.92 Å². The Morgan fingerprint density at radius 2 is 1.51 bits per heavy atom. The van der Waals surface area contributed by atoms with Gasteiger partial charge in [0.1, 0.15) is 23.1 Å². The molecule has 1 aliphatic carbocycles. The number of benzene rings is 3. The minimum atomic E-state index is -1.08. The molecule has 1 saturated carbocycles. The number of aliphatic hydroxyl groups is 2. The van der Waals surface area contributed by atoms with Gasteiger partial charge in [0, 0.05) is 50.3 Å². The summed E-state index contributed by atoms with van der Waals surface area (Å²) in [6, 6.07) is 14.5. The number of hydrogen-bond donors (Lipinski definition) is 4. The van der Waals surface area contributed by atoms with Gasteiger partial charge in [-0.25, -0.2) is 19.0 Å². The molecule has 1 aliphatic rings. The van der Waals surface area contributed by atoms with Crippen molar-refractivity contribution in [3.63, 3.8) is 0 Å². The van der Waals surface area contributed by atoms with Crippen LogP contribution in [0.5, 0.6) is 0 Å². The van der Waals surface area contributed by atoms with Gasteiger partial charge < -0.3 is 35.6 Å². The zero-order valence-electron chi connectivity index (χ0n) is 36.8. The number of fused-ring (bicyclic) bond motifs is 1. The molecule has 0 saturated heterocycles. The molecule has 0 radical (unpaired) electrons. The van der Waals surface area contributed by atoms with Gasteiger partial charge >= 0.3 is 12.2 Å². The summed E-state index contributed by atoms with van der Waals surface area (Å²) >= 11 is 0. The van der Waals surface area contributed by atoms with E-state index in [1.54, 1.807) is 72.5 Å². The van der Waals surface area contributed by atoms with E-state index in [4.69, 9.17) is 20.3 Å². The quantitative estimate of drug-likeness (QED) is 0.119. The van der Waals surface area contributed by atoms with E-state index < -0.39 is 35.2 Å². The predicted molar refractivity (Wildman–Crippen MR) is 233 cm³/mol. The molecule has 1 heterocycles. The topological polar surface area (TPSA) is 168 Å². The molecule has 5 rings (SSSR count). The average Bonchev–Trinajstić information content (AvgIpc) is 3.92. The van der Waals surface area contributed by atoms with Crippen LogP contribution in [0, 0.1) is 25.6 Å². The summed E-state index contributed by atoms with van der Waals surface area (Å²) < 4.78 is 27.4. The van der Waals surface area contributed by atoms with Gasteiger partial charge in [0.2, 0.25) is 5.91 Å². The Balaban J connectivity index is 0.00000121. The van der Waals surface area contributed by atoms with Crippen molar-refractivity contribution in [1.82, 2.24) is 9.88 Å². The summed E-state index contributed by atoms with van der Waals surface area (Å²) in [4.78, 5) is 47.5. The third-order valence-electron chi connectivity index (χ3n) is 9.17. The number of aromatic nitrogens is 1. The molecule has 0 spiro atoms. The van der Waals surface area contributed by atoms with Crippen LogP contribution >= 0.6 is 0 Å². The number of anilines is 3. The largest absolute Gasteiger partial charge is 0.443 e. The van der Waals surface area contributed by atoms with Gasteiger partial charge in [-0.2, -0.15) is 4.90 Å². The lowest BCUT2D eigenvalue weighted by atomic mass is 9.93. The third-order valence-corrected chi connectivity index (χ3v) is 9.17. The van der Waals surface area contributed by atoms with Crippen molar-refractivity contribution in [2.75, 3.05) is 36.2 Å². The molecule has 2 atom stereocenters. The molecular weight excluding hydrogens is 754 g/mol. The van der Waals surface area contributed by atoms with Crippen molar-refractivity contribution in [2.45, 2.75) is 119 Å². The number of hydrogen-bond acceptors (Lipinski definition) is 10. The molecule has 4 aromatic rings. The molecule has 5 N–H and O–H groups in total. The number of amides is 3. The molecule has 2 unspecified atom stereocenters. The van der Waals surface area contributed by atoms with Crippen LogP contribution in [0.25, 0.3) is 10.8 Å². The van der Waals surface area contributed by atoms with Gasteiger partial charge in [-0.05, 0) is 132 Å². The fourth-order valence-electron chi connectivity index (χ4n) is 5.93. The fraction of sp³-hybridized carbons (Fsp3) is 0.478. The number of aliphatic hydroxyl groups excluding tert-OH is 2. The first-order valence-corrected chi connectivity index (χ1v) is 20.0. The highest BCUT2D eigenvalue weighted by Gasteiger charge is 2.35. The number of imide groups is 1. The molecule has 322 valence electrons. The van der Waals surface area contributed by atoms with Crippen molar-refractivity contribution >= 4 is 46.1 Å². The zero-order chi connectivity index (χ0) is 44.4. The molecule has 0 aliphatic heterocycles. The SMILES string of the molecule is CC1CC1.CCO.Cc1ccc(N)cc1CN(C)C(=O)C(Nc1cc(F)c2c(N(C(=O)OC(C)(C)C)C(=O)OC(C)(C)C)nccc2c1)c1ccc(C(C)CO)c(C)c1. The number of pyridine rings is 1. The standard InChI is InChI=1S/C40H50FN5O6.C4H8.C2H6O/c1-23-11-13-29(42)18-28(23)21-45(10)36(48)34(27-12-14-31(24(2)17-27)25(3)22-47)44-30-19-26-15-16-43-35(33(26)32(41)20-30)46(37(49)51-39(4,5)6)38(50)52-40(7,8)9;1-4-2-3-4;1-2-3/h11-20,25,34,44,47H,21-22,42H2,1-10H3;4H,2-3H2,1H3;3H,2H2,1H3. The molecule has 59 heavy (non-hydrogen) atoms. The van der Waals surface area contributed by atoms with Crippen molar-refractivity contribution in [1.29, 1.82) is 0 Å². The number of nitrogen functional groups attached to an aromatic ring is 1. The molecule has 3 amide bonds. The van der Waals surface area contributed by atoms with E-state index in [0.717, 1.165) is 28.2 Å². The first kappa shape index (κ1) is 48.1. The number of carbonyl (C=O) groups is 3. The number of nitrogens with one attached hydrogen (secondary N) is 1. The smallest absolute Gasteiger partial charge is 0.425 e. The number of ether oxygens (including phenoxy) is 2. The highest BCUT2D eigenvalue weighted by Crippen LogP contribution is 2.34. The van der Waals surface area contributed by atoms with E-state index in [1.165, 1.54) is 31.2 Å². The summed E-state index contributed by atoms with van der Waals surface area (Å²) in [6.07, 6.45) is 2.15. The number of rotatable bonds is 9. The molecule has 0 bridgehead atoms. The summed E-state index contributed by atoms with van der Waals surface area (Å²) in [5.74, 6) is -0.428. The molecule has 1 aromatic heterocycles. The summed E-state index contributed by atoms with van der Waals surface area (Å²) in [6.45, 7) is 20.1. The van der Waals surface area contributed by atoms with Gasteiger partial charge in [0.25, 0.3) is 0 Å². The fourth-order valence-corrected chi connectivity index (χ4v) is 5.93.